The smallest absolute Gasteiger partial charge is 0.326 e. The number of hydrogen-bond donors (Lipinski definition) is 8. The molecule has 7 atom stereocenters. The molecule has 6 aromatic rings. The molecule has 8 N–H and O–H groups in total. The van der Waals surface area contributed by atoms with Crippen LogP contribution in [-0.2, 0) is 52.8 Å². The summed E-state index contributed by atoms with van der Waals surface area (Å²) in [5.41, 5.74) is 4.44. The Morgan fingerprint density at radius 3 is 1.42 bits per heavy atom. The van der Waals surface area contributed by atoms with E-state index in [0.29, 0.717) is 23.1 Å². The van der Waals surface area contributed by atoms with Crippen molar-refractivity contribution < 1.29 is 38.7 Å². The topological polar surface area (TPSA) is 228 Å². The van der Waals surface area contributed by atoms with E-state index in [4.69, 9.17) is 0 Å². The number of aromatic nitrogens is 1. The van der Waals surface area contributed by atoms with Crippen molar-refractivity contribution in [1.29, 1.82) is 0 Å². The summed E-state index contributed by atoms with van der Waals surface area (Å²) in [5, 5.41) is 28.1. The monoisotopic (exact) mass is 990 g/mol. The summed E-state index contributed by atoms with van der Waals surface area (Å²) in [5.74, 6) is -6.27. The zero-order valence-corrected chi connectivity index (χ0v) is 42.0. The van der Waals surface area contributed by atoms with Crippen LogP contribution in [-0.4, -0.2) is 87.8 Å². The Labute approximate surface area is 426 Å². The summed E-state index contributed by atoms with van der Waals surface area (Å²) < 4.78 is 0. The molecule has 1 aromatic heterocycles. The minimum Gasteiger partial charge on any atom is -0.480 e. The van der Waals surface area contributed by atoms with Crippen molar-refractivity contribution in [2.75, 3.05) is 0 Å². The Bertz CT molecular complexity index is 2750. The SMILES string of the molecule is CC[C@H](C)[C@H](NC(=O)[C@H](Cc1ccccc1)NC(=O)[C@H](Cc1ccccc1)NC(=O)[C@H](CC(C)C)NC(=O)[C@H](NC(C)=O)C(c1ccccc1)c1ccccc1)C(=O)N[C@@H](Cc1c[nH]c2ccccc12)C(=O)O. The van der Waals surface area contributed by atoms with Gasteiger partial charge in [0.1, 0.15) is 36.3 Å². The predicted molar refractivity (Wildman–Crippen MR) is 281 cm³/mol. The van der Waals surface area contributed by atoms with E-state index in [9.17, 15) is 38.7 Å². The van der Waals surface area contributed by atoms with Crippen molar-refractivity contribution in [3.63, 3.8) is 0 Å². The Hall–Kier alpha value is -8.07. The first-order chi connectivity index (χ1) is 35.1. The standard InChI is InChI=1S/C58H67N7O8/c1-6-37(4)51(56(70)64-49(58(72)73)34-43-35-59-45-30-20-19-29-44(43)45)65-55(69)48(33-40-23-13-8-14-24-40)62-54(68)47(32-39-21-11-7-12-22-39)61-53(67)46(31-36(2)3)63-57(71)52(60-38(5)66)50(41-25-15-9-16-26-41)42-27-17-10-18-28-42/h7-30,35-37,46-52,59H,6,31-34H2,1-5H3,(H,60,66)(H,61,67)(H,62,68)(H,63,71)(H,64,70)(H,65,69)(H,72,73)/t37-,46-,47-,48-,49-,51-,52+/m0/s1. The molecule has 5 aromatic carbocycles. The number of carboxylic acids is 1. The van der Waals surface area contributed by atoms with Crippen molar-refractivity contribution in [2.24, 2.45) is 11.8 Å². The number of carbonyl (C=O) groups is 7. The van der Waals surface area contributed by atoms with E-state index in [1.165, 1.54) is 6.92 Å². The van der Waals surface area contributed by atoms with Crippen molar-refractivity contribution >= 4 is 52.3 Å². The number of fused-ring (bicyclic) bond motifs is 1. The lowest BCUT2D eigenvalue weighted by molar-refractivity contribution is -0.142. The van der Waals surface area contributed by atoms with Gasteiger partial charge in [-0.05, 0) is 52.1 Å². The Kier molecular flexibility index (Phi) is 19.6. The molecule has 15 nitrogen and oxygen atoms in total. The minimum absolute atomic E-state index is 0.00184. The molecule has 0 radical (unpaired) electrons. The van der Waals surface area contributed by atoms with Crippen molar-refractivity contribution in [3.8, 4) is 0 Å². The van der Waals surface area contributed by atoms with Gasteiger partial charge in [-0.25, -0.2) is 4.79 Å². The van der Waals surface area contributed by atoms with Gasteiger partial charge < -0.3 is 42.0 Å². The maximum atomic E-state index is 14.8. The van der Waals surface area contributed by atoms with Gasteiger partial charge in [0.15, 0.2) is 0 Å². The maximum Gasteiger partial charge on any atom is 0.326 e. The number of para-hydroxylation sites is 1. The molecule has 382 valence electrons. The molecule has 0 aliphatic heterocycles. The molecule has 0 saturated carbocycles. The molecule has 6 rings (SSSR count). The normalized spacial score (nSPS) is 14.1. The lowest BCUT2D eigenvalue weighted by Crippen LogP contribution is -2.61. The number of carbonyl (C=O) groups excluding carboxylic acids is 6. The molecule has 15 heteroatoms. The van der Waals surface area contributed by atoms with Crippen LogP contribution >= 0.6 is 0 Å². The van der Waals surface area contributed by atoms with Gasteiger partial charge in [0.05, 0.1) is 0 Å². The summed E-state index contributed by atoms with van der Waals surface area (Å²) in [6.45, 7) is 8.73. The molecule has 0 unspecified atom stereocenters. The zero-order chi connectivity index (χ0) is 52.4. The quantitative estimate of drug-likeness (QED) is 0.0332. The third kappa shape index (κ3) is 15.5. The number of carboxylic acid groups (broad SMARTS) is 1. The zero-order valence-electron chi connectivity index (χ0n) is 42.0. The highest BCUT2D eigenvalue weighted by molar-refractivity contribution is 5.97. The Morgan fingerprint density at radius 2 is 0.932 bits per heavy atom. The van der Waals surface area contributed by atoms with E-state index >= 15 is 0 Å². The number of aliphatic carboxylic acids is 1. The van der Waals surface area contributed by atoms with Crippen LogP contribution in [0.1, 0.15) is 81.2 Å². The number of nitrogens with one attached hydrogen (secondary N) is 7. The molecule has 0 aliphatic rings. The van der Waals surface area contributed by atoms with Gasteiger partial charge in [0.25, 0.3) is 0 Å². The molecule has 0 spiro atoms. The minimum atomic E-state index is -1.33. The highest BCUT2D eigenvalue weighted by Crippen LogP contribution is 2.29. The summed E-state index contributed by atoms with van der Waals surface area (Å²) in [6, 6.07) is 36.7. The van der Waals surface area contributed by atoms with Gasteiger partial charge in [-0.2, -0.15) is 0 Å². The highest BCUT2D eigenvalue weighted by atomic mass is 16.4. The van der Waals surface area contributed by atoms with Gasteiger partial charge in [-0.15, -0.1) is 0 Å². The second-order valence-corrected chi connectivity index (χ2v) is 19.0. The maximum absolute atomic E-state index is 14.8. The second-order valence-electron chi connectivity index (χ2n) is 19.0. The first-order valence-corrected chi connectivity index (χ1v) is 24.9. The predicted octanol–water partition coefficient (Wildman–Crippen LogP) is 6.13. The van der Waals surface area contributed by atoms with Crippen LogP contribution in [0.15, 0.2) is 152 Å². The fraction of sp³-hybridized carbons (Fsp3) is 0.328. The number of H-pyrrole nitrogens is 1. The fourth-order valence-electron chi connectivity index (χ4n) is 8.98. The number of rotatable bonds is 25. The van der Waals surface area contributed by atoms with E-state index in [0.717, 1.165) is 22.0 Å². The van der Waals surface area contributed by atoms with E-state index in [1.54, 1.807) is 61.7 Å². The van der Waals surface area contributed by atoms with Gasteiger partial charge in [0.2, 0.25) is 35.4 Å². The molecule has 0 saturated heterocycles. The lowest BCUT2D eigenvalue weighted by Gasteiger charge is -2.31. The first kappa shape index (κ1) is 54.3. The fourth-order valence-corrected chi connectivity index (χ4v) is 8.98. The van der Waals surface area contributed by atoms with Crippen LogP contribution in [0.3, 0.4) is 0 Å². The van der Waals surface area contributed by atoms with E-state index < -0.39 is 89.5 Å². The molecule has 0 aliphatic carbocycles. The Morgan fingerprint density at radius 1 is 0.493 bits per heavy atom. The summed E-state index contributed by atoms with van der Waals surface area (Å²) >= 11 is 0. The largest absolute Gasteiger partial charge is 0.480 e. The van der Waals surface area contributed by atoms with Crippen molar-refractivity contribution in [3.05, 3.63) is 180 Å². The molecule has 6 amide bonds. The van der Waals surface area contributed by atoms with Gasteiger partial charge >= 0.3 is 5.97 Å². The van der Waals surface area contributed by atoms with E-state index in [-0.39, 0.29) is 31.6 Å². The summed E-state index contributed by atoms with van der Waals surface area (Å²) in [6.07, 6.45) is 2.31. The van der Waals surface area contributed by atoms with E-state index in [1.807, 2.05) is 118 Å². The number of hydrogen-bond acceptors (Lipinski definition) is 7. The number of amides is 6. The summed E-state index contributed by atoms with van der Waals surface area (Å²) in [7, 11) is 0. The van der Waals surface area contributed by atoms with Crippen LogP contribution in [0, 0.1) is 11.8 Å². The molecule has 73 heavy (non-hydrogen) atoms. The van der Waals surface area contributed by atoms with Crippen LogP contribution in [0.4, 0.5) is 0 Å². The average Bonchev–Trinajstić information content (AvgIpc) is 3.79. The molecule has 0 fully saturated rings. The van der Waals surface area contributed by atoms with Crippen LogP contribution < -0.4 is 31.9 Å². The number of aromatic amines is 1. The average molecular weight is 990 g/mol. The van der Waals surface area contributed by atoms with Crippen LogP contribution in [0.5, 0.6) is 0 Å². The molecule has 0 bridgehead atoms. The third-order valence-corrected chi connectivity index (χ3v) is 13.0. The first-order valence-electron chi connectivity index (χ1n) is 24.9. The van der Waals surface area contributed by atoms with Gasteiger partial charge in [-0.1, -0.05) is 174 Å². The molecular weight excluding hydrogens is 923 g/mol. The number of benzene rings is 5. The lowest BCUT2D eigenvalue weighted by atomic mass is 9.84. The van der Waals surface area contributed by atoms with Crippen LogP contribution in [0.25, 0.3) is 10.9 Å². The van der Waals surface area contributed by atoms with Crippen molar-refractivity contribution in [2.45, 2.75) is 109 Å². The van der Waals surface area contributed by atoms with Gasteiger partial charge in [-0.3, -0.25) is 28.8 Å². The van der Waals surface area contributed by atoms with Crippen molar-refractivity contribution in [1.82, 2.24) is 36.9 Å². The molecular formula is C58H67N7O8. The van der Waals surface area contributed by atoms with E-state index in [2.05, 4.69) is 36.9 Å². The van der Waals surface area contributed by atoms with Crippen LogP contribution in [0.2, 0.25) is 0 Å². The van der Waals surface area contributed by atoms with Gasteiger partial charge in [0, 0.05) is 49.2 Å². The summed E-state index contributed by atoms with van der Waals surface area (Å²) in [4.78, 5) is 101. The third-order valence-electron chi connectivity index (χ3n) is 13.0. The second kappa shape index (κ2) is 26.4. The molecule has 1 heterocycles. The highest BCUT2D eigenvalue weighted by Gasteiger charge is 2.37. The Balaban J connectivity index is 1.26.